The molecule has 0 aliphatic carbocycles. The normalized spacial score (nSPS) is 14.5. The van der Waals surface area contributed by atoms with Crippen molar-refractivity contribution in [2.24, 2.45) is 0 Å². The Balaban J connectivity index is 4.50. The minimum Gasteiger partial charge on any atom is -0.462 e. The first kappa shape index (κ1) is 43.5. The zero-order valence-electron chi connectivity index (χ0n) is 28.1. The summed E-state index contributed by atoms with van der Waals surface area (Å²) in [6.45, 7) is 2.17. The summed E-state index contributed by atoms with van der Waals surface area (Å²) in [5.74, 6) is -1.18. The molecular formula is C34H63O10P. The predicted octanol–water partition coefficient (Wildman–Crippen LogP) is 7.88. The van der Waals surface area contributed by atoms with E-state index in [4.69, 9.17) is 19.1 Å². The molecule has 11 heteroatoms. The van der Waals surface area contributed by atoms with Gasteiger partial charge < -0.3 is 24.6 Å². The molecule has 264 valence electrons. The number of unbranched alkanes of at least 4 members (excludes halogenated alkanes) is 17. The highest BCUT2D eigenvalue weighted by molar-refractivity contribution is 7.47. The number of phosphoric acid groups is 1. The van der Waals surface area contributed by atoms with Crippen LogP contribution in [0.2, 0.25) is 0 Å². The standard InChI is InChI=1S/C34H63O10P/c1-3-5-7-9-11-12-13-14-15-16-17-18-20-22-24-26-34(38)44-32(30-43-45(39,40)42-28-31(36)27-35)29-41-33(37)25-23-21-19-10-8-6-4-2/h20,22,24,26,31-32,35-36H,3-19,21,23,25,27-30H2,1-2H3,(H,39,40)/b22-20+,26-24+/t31-,32+/m0/s1. The van der Waals surface area contributed by atoms with Crippen molar-refractivity contribution < 1.29 is 47.8 Å². The van der Waals surface area contributed by atoms with Crippen LogP contribution in [0.4, 0.5) is 0 Å². The monoisotopic (exact) mass is 662 g/mol. The summed E-state index contributed by atoms with van der Waals surface area (Å²) in [6, 6.07) is 0. The van der Waals surface area contributed by atoms with Gasteiger partial charge in [0.1, 0.15) is 12.7 Å². The zero-order chi connectivity index (χ0) is 33.4. The van der Waals surface area contributed by atoms with Gasteiger partial charge in [0, 0.05) is 12.5 Å². The van der Waals surface area contributed by atoms with E-state index in [1.807, 2.05) is 6.08 Å². The van der Waals surface area contributed by atoms with Crippen LogP contribution >= 0.6 is 7.82 Å². The lowest BCUT2D eigenvalue weighted by atomic mass is 10.1. The van der Waals surface area contributed by atoms with Gasteiger partial charge in [-0.2, -0.15) is 0 Å². The minimum atomic E-state index is -4.62. The van der Waals surface area contributed by atoms with Crippen LogP contribution in [0, 0.1) is 0 Å². The second-order valence-corrected chi connectivity index (χ2v) is 13.1. The number of carbonyl (C=O) groups is 2. The van der Waals surface area contributed by atoms with Crippen molar-refractivity contribution in [3.05, 3.63) is 24.3 Å². The van der Waals surface area contributed by atoms with Gasteiger partial charge in [-0.15, -0.1) is 0 Å². The van der Waals surface area contributed by atoms with Crippen molar-refractivity contribution in [2.75, 3.05) is 26.4 Å². The Bertz CT molecular complexity index is 817. The molecule has 1 unspecified atom stereocenters. The number of esters is 2. The van der Waals surface area contributed by atoms with Gasteiger partial charge in [0.15, 0.2) is 6.10 Å². The Morgan fingerprint density at radius 2 is 1.22 bits per heavy atom. The molecule has 0 aromatic carbocycles. The Morgan fingerprint density at radius 3 is 1.78 bits per heavy atom. The molecule has 3 atom stereocenters. The van der Waals surface area contributed by atoms with Crippen molar-refractivity contribution in [2.45, 2.75) is 154 Å². The molecule has 0 saturated heterocycles. The molecule has 0 aromatic rings. The van der Waals surface area contributed by atoms with E-state index in [1.54, 1.807) is 12.2 Å². The Hall–Kier alpha value is -1.55. The average Bonchev–Trinajstić information content (AvgIpc) is 3.02. The third-order valence-electron chi connectivity index (χ3n) is 7.22. The fourth-order valence-electron chi connectivity index (χ4n) is 4.49. The maximum Gasteiger partial charge on any atom is 0.472 e. The van der Waals surface area contributed by atoms with E-state index in [9.17, 15) is 24.2 Å². The van der Waals surface area contributed by atoms with Gasteiger partial charge >= 0.3 is 19.8 Å². The first-order valence-electron chi connectivity index (χ1n) is 17.3. The van der Waals surface area contributed by atoms with Gasteiger partial charge in [-0.05, 0) is 19.3 Å². The lowest BCUT2D eigenvalue weighted by Gasteiger charge is -2.19. The summed E-state index contributed by atoms with van der Waals surface area (Å²) in [5, 5.41) is 18.2. The summed E-state index contributed by atoms with van der Waals surface area (Å²) in [7, 11) is -4.62. The van der Waals surface area contributed by atoms with E-state index in [-0.39, 0.29) is 13.0 Å². The van der Waals surface area contributed by atoms with E-state index in [1.165, 1.54) is 89.5 Å². The molecular weight excluding hydrogens is 599 g/mol. The maximum absolute atomic E-state index is 12.4. The fraction of sp³-hybridized carbons (Fsp3) is 0.824. The van der Waals surface area contributed by atoms with E-state index >= 15 is 0 Å². The van der Waals surface area contributed by atoms with Gasteiger partial charge in [0.05, 0.1) is 19.8 Å². The van der Waals surface area contributed by atoms with Gasteiger partial charge in [0.25, 0.3) is 0 Å². The molecule has 0 saturated carbocycles. The predicted molar refractivity (Wildman–Crippen MR) is 178 cm³/mol. The smallest absolute Gasteiger partial charge is 0.462 e. The molecule has 0 amide bonds. The van der Waals surface area contributed by atoms with Gasteiger partial charge in [-0.1, -0.05) is 135 Å². The van der Waals surface area contributed by atoms with Crippen LogP contribution in [-0.2, 0) is 32.7 Å². The quantitative estimate of drug-likeness (QED) is 0.0213. The number of aliphatic hydroxyl groups excluding tert-OH is 2. The summed E-state index contributed by atoms with van der Waals surface area (Å²) in [5.41, 5.74) is 0. The molecule has 0 radical (unpaired) electrons. The Morgan fingerprint density at radius 1 is 0.711 bits per heavy atom. The van der Waals surface area contributed by atoms with Crippen molar-refractivity contribution in [3.63, 3.8) is 0 Å². The SMILES string of the molecule is CCCCCCCCCCCCC/C=C/C=C/C(=O)O[C@H](COC(=O)CCCCCCCCC)COP(=O)(O)OC[C@@H](O)CO. The van der Waals surface area contributed by atoms with Gasteiger partial charge in [0.2, 0.25) is 0 Å². The fourth-order valence-corrected chi connectivity index (χ4v) is 5.28. The molecule has 0 spiro atoms. The third-order valence-corrected chi connectivity index (χ3v) is 8.17. The number of carbonyl (C=O) groups excluding carboxylic acids is 2. The first-order chi connectivity index (χ1) is 21.7. The number of hydrogen-bond donors (Lipinski definition) is 3. The zero-order valence-corrected chi connectivity index (χ0v) is 29.0. The Kier molecular flexibility index (Phi) is 30.0. The number of hydrogen-bond acceptors (Lipinski definition) is 9. The van der Waals surface area contributed by atoms with Crippen LogP contribution in [0.15, 0.2) is 24.3 Å². The highest BCUT2D eigenvalue weighted by Gasteiger charge is 2.26. The van der Waals surface area contributed by atoms with E-state index in [2.05, 4.69) is 18.4 Å². The van der Waals surface area contributed by atoms with Crippen LogP contribution in [0.25, 0.3) is 0 Å². The summed E-state index contributed by atoms with van der Waals surface area (Å²) in [6.07, 6.45) is 26.7. The van der Waals surface area contributed by atoms with Crippen LogP contribution in [-0.4, -0.2) is 65.7 Å². The van der Waals surface area contributed by atoms with E-state index < -0.39 is 51.8 Å². The maximum atomic E-state index is 12.4. The molecule has 45 heavy (non-hydrogen) atoms. The van der Waals surface area contributed by atoms with E-state index in [0.717, 1.165) is 32.1 Å². The van der Waals surface area contributed by atoms with Crippen LogP contribution in [0.5, 0.6) is 0 Å². The summed E-state index contributed by atoms with van der Waals surface area (Å²) < 4.78 is 32.2. The van der Waals surface area contributed by atoms with Crippen molar-refractivity contribution >= 4 is 19.8 Å². The molecule has 0 heterocycles. The van der Waals surface area contributed by atoms with Gasteiger partial charge in [-0.25, -0.2) is 9.36 Å². The Labute approximate surface area is 272 Å². The highest BCUT2D eigenvalue weighted by atomic mass is 31.2. The number of allylic oxidation sites excluding steroid dienone is 3. The number of phosphoric ester groups is 1. The van der Waals surface area contributed by atoms with Crippen molar-refractivity contribution in [3.8, 4) is 0 Å². The molecule has 0 bridgehead atoms. The molecule has 0 aliphatic heterocycles. The van der Waals surface area contributed by atoms with E-state index in [0.29, 0.717) is 6.42 Å². The second-order valence-electron chi connectivity index (χ2n) is 11.6. The average molecular weight is 663 g/mol. The number of aliphatic hydroxyl groups is 2. The topological polar surface area (TPSA) is 149 Å². The van der Waals surface area contributed by atoms with Crippen LogP contribution in [0.3, 0.4) is 0 Å². The largest absolute Gasteiger partial charge is 0.472 e. The summed E-state index contributed by atoms with van der Waals surface area (Å²) in [4.78, 5) is 34.4. The summed E-state index contributed by atoms with van der Waals surface area (Å²) >= 11 is 0. The first-order valence-corrected chi connectivity index (χ1v) is 18.8. The number of ether oxygens (including phenoxy) is 2. The third kappa shape index (κ3) is 30.8. The molecule has 10 nitrogen and oxygen atoms in total. The van der Waals surface area contributed by atoms with Gasteiger partial charge in [-0.3, -0.25) is 13.8 Å². The highest BCUT2D eigenvalue weighted by Crippen LogP contribution is 2.43. The molecule has 0 rings (SSSR count). The molecule has 3 N–H and O–H groups in total. The molecule has 0 aromatic heterocycles. The number of rotatable bonds is 32. The van der Waals surface area contributed by atoms with Crippen LogP contribution in [0.1, 0.15) is 142 Å². The lowest BCUT2D eigenvalue weighted by Crippen LogP contribution is -2.29. The minimum absolute atomic E-state index is 0.222. The van der Waals surface area contributed by atoms with Crippen LogP contribution < -0.4 is 0 Å². The molecule has 0 fully saturated rings. The second kappa shape index (κ2) is 31.1. The van der Waals surface area contributed by atoms with Crippen molar-refractivity contribution in [1.82, 2.24) is 0 Å². The lowest BCUT2D eigenvalue weighted by molar-refractivity contribution is -0.157. The molecule has 0 aliphatic rings. The van der Waals surface area contributed by atoms with Crippen molar-refractivity contribution in [1.29, 1.82) is 0 Å².